The maximum atomic E-state index is 5.87. The van der Waals surface area contributed by atoms with Crippen LogP contribution >= 0.6 is 23.2 Å². The Hall–Kier alpha value is -0.640. The van der Waals surface area contributed by atoms with E-state index in [9.17, 15) is 0 Å². The van der Waals surface area contributed by atoms with Crippen molar-refractivity contribution >= 4 is 23.2 Å². The van der Waals surface area contributed by atoms with Gasteiger partial charge >= 0.3 is 0 Å². The van der Waals surface area contributed by atoms with Crippen molar-refractivity contribution in [2.24, 2.45) is 0 Å². The first kappa shape index (κ1) is 10.4. The zero-order chi connectivity index (χ0) is 9.84. The summed E-state index contributed by atoms with van der Waals surface area (Å²) in [5.41, 5.74) is 1.13. The van der Waals surface area contributed by atoms with Crippen LogP contribution in [0.5, 0.6) is 0 Å². The Kier molecular flexibility index (Phi) is 3.66. The Morgan fingerprint density at radius 3 is 2.62 bits per heavy atom. The Labute approximate surface area is 88.9 Å². The van der Waals surface area contributed by atoms with Gasteiger partial charge in [-0.05, 0) is 23.6 Å². The quantitative estimate of drug-likeness (QED) is 0.648. The maximum absolute atomic E-state index is 5.87. The highest BCUT2D eigenvalue weighted by molar-refractivity contribution is 6.42. The van der Waals surface area contributed by atoms with Crippen LogP contribution in [-0.2, 0) is 0 Å². The van der Waals surface area contributed by atoms with E-state index in [1.165, 1.54) is 0 Å². The zero-order valence-corrected chi connectivity index (χ0v) is 8.86. The normalized spacial score (nSPS) is 12.2. The van der Waals surface area contributed by atoms with Crippen LogP contribution in [-0.4, -0.2) is 0 Å². The van der Waals surface area contributed by atoms with E-state index in [0.29, 0.717) is 16.0 Å². The third-order valence-electron chi connectivity index (χ3n) is 1.94. The van der Waals surface area contributed by atoms with Gasteiger partial charge < -0.3 is 0 Å². The molecular formula is C11H10Cl2. The molecule has 13 heavy (non-hydrogen) atoms. The summed E-state index contributed by atoms with van der Waals surface area (Å²) >= 11 is 11.7. The lowest BCUT2D eigenvalue weighted by Gasteiger charge is -2.08. The summed E-state index contributed by atoms with van der Waals surface area (Å²) in [6.07, 6.45) is 5.95. The molecule has 0 aliphatic carbocycles. The molecule has 1 atom stereocenters. The smallest absolute Gasteiger partial charge is 0.0595 e. The van der Waals surface area contributed by atoms with Crippen LogP contribution in [0, 0.1) is 12.3 Å². The second-order valence-electron chi connectivity index (χ2n) is 2.98. The SMILES string of the molecule is C#CCC(C)c1ccc(Cl)c(Cl)c1. The average molecular weight is 213 g/mol. The van der Waals surface area contributed by atoms with Gasteiger partial charge in [0.25, 0.3) is 0 Å². The fraction of sp³-hybridized carbons (Fsp3) is 0.273. The van der Waals surface area contributed by atoms with Gasteiger partial charge in [0.2, 0.25) is 0 Å². The molecule has 0 aliphatic rings. The van der Waals surface area contributed by atoms with E-state index in [1.54, 1.807) is 6.07 Å². The average Bonchev–Trinajstić information content (AvgIpc) is 2.10. The lowest BCUT2D eigenvalue weighted by atomic mass is 9.98. The Bertz CT molecular complexity index is 336. The highest BCUT2D eigenvalue weighted by atomic mass is 35.5. The topological polar surface area (TPSA) is 0 Å². The number of rotatable bonds is 2. The van der Waals surface area contributed by atoms with Gasteiger partial charge in [0, 0.05) is 6.42 Å². The number of benzene rings is 1. The summed E-state index contributed by atoms with van der Waals surface area (Å²) in [7, 11) is 0. The van der Waals surface area contributed by atoms with E-state index in [0.717, 1.165) is 12.0 Å². The summed E-state index contributed by atoms with van der Waals surface area (Å²) in [6, 6.07) is 5.62. The number of halogens is 2. The van der Waals surface area contributed by atoms with Crippen LogP contribution in [0.1, 0.15) is 24.8 Å². The highest BCUT2D eigenvalue weighted by Crippen LogP contribution is 2.27. The van der Waals surface area contributed by atoms with Crippen molar-refractivity contribution < 1.29 is 0 Å². The standard InChI is InChI=1S/C11H10Cl2/c1-3-4-8(2)9-5-6-10(12)11(13)7-9/h1,5-8H,4H2,2H3. The molecular weight excluding hydrogens is 203 g/mol. The molecule has 1 aromatic rings. The van der Waals surface area contributed by atoms with Crippen molar-refractivity contribution in [2.45, 2.75) is 19.3 Å². The van der Waals surface area contributed by atoms with Crippen LogP contribution in [0.3, 0.4) is 0 Å². The Morgan fingerprint density at radius 1 is 1.38 bits per heavy atom. The lowest BCUT2D eigenvalue weighted by Crippen LogP contribution is -1.91. The van der Waals surface area contributed by atoms with Crippen molar-refractivity contribution in [1.29, 1.82) is 0 Å². The minimum absolute atomic E-state index is 0.333. The Balaban J connectivity index is 2.91. The van der Waals surface area contributed by atoms with Gasteiger partial charge in [-0.1, -0.05) is 36.2 Å². The van der Waals surface area contributed by atoms with E-state index < -0.39 is 0 Å². The van der Waals surface area contributed by atoms with Crippen LogP contribution < -0.4 is 0 Å². The van der Waals surface area contributed by atoms with Crippen molar-refractivity contribution in [3.63, 3.8) is 0 Å². The predicted octanol–water partition coefficient (Wildman–Crippen LogP) is 4.12. The second-order valence-corrected chi connectivity index (χ2v) is 3.80. The van der Waals surface area contributed by atoms with Crippen molar-refractivity contribution in [2.75, 3.05) is 0 Å². The molecule has 0 saturated carbocycles. The summed E-state index contributed by atoms with van der Waals surface area (Å²) in [5, 5.41) is 1.17. The number of hydrogen-bond donors (Lipinski definition) is 0. The van der Waals surface area contributed by atoms with Gasteiger partial charge in [0.15, 0.2) is 0 Å². The van der Waals surface area contributed by atoms with Crippen molar-refractivity contribution in [1.82, 2.24) is 0 Å². The zero-order valence-electron chi connectivity index (χ0n) is 7.35. The molecule has 68 valence electrons. The minimum atomic E-state index is 0.333. The molecule has 0 N–H and O–H groups in total. The monoisotopic (exact) mass is 212 g/mol. The molecule has 1 unspecified atom stereocenters. The molecule has 0 aliphatic heterocycles. The fourth-order valence-electron chi connectivity index (χ4n) is 1.11. The molecule has 0 fully saturated rings. The minimum Gasteiger partial charge on any atom is -0.120 e. The van der Waals surface area contributed by atoms with Gasteiger partial charge in [-0.15, -0.1) is 12.3 Å². The predicted molar refractivity (Wildman–Crippen MR) is 58.3 cm³/mol. The summed E-state index contributed by atoms with van der Waals surface area (Å²) in [4.78, 5) is 0. The third-order valence-corrected chi connectivity index (χ3v) is 2.68. The van der Waals surface area contributed by atoms with Gasteiger partial charge in [-0.3, -0.25) is 0 Å². The molecule has 0 nitrogen and oxygen atoms in total. The first-order valence-electron chi connectivity index (χ1n) is 4.03. The van der Waals surface area contributed by atoms with Gasteiger partial charge in [0.1, 0.15) is 0 Å². The van der Waals surface area contributed by atoms with E-state index in [2.05, 4.69) is 12.8 Å². The maximum Gasteiger partial charge on any atom is 0.0595 e. The van der Waals surface area contributed by atoms with E-state index >= 15 is 0 Å². The first-order chi connectivity index (χ1) is 6.15. The Morgan fingerprint density at radius 2 is 2.08 bits per heavy atom. The molecule has 0 bridgehead atoms. The molecule has 0 amide bonds. The molecule has 2 heteroatoms. The van der Waals surface area contributed by atoms with Gasteiger partial charge in [-0.25, -0.2) is 0 Å². The van der Waals surface area contributed by atoms with Crippen LogP contribution in [0.25, 0.3) is 0 Å². The second kappa shape index (κ2) is 4.56. The lowest BCUT2D eigenvalue weighted by molar-refractivity contribution is 0.796. The molecule has 0 saturated heterocycles. The first-order valence-corrected chi connectivity index (χ1v) is 4.79. The summed E-state index contributed by atoms with van der Waals surface area (Å²) < 4.78 is 0. The van der Waals surface area contributed by atoms with E-state index in [-0.39, 0.29) is 0 Å². The molecule has 0 heterocycles. The van der Waals surface area contributed by atoms with E-state index in [4.69, 9.17) is 29.6 Å². The highest BCUT2D eigenvalue weighted by Gasteiger charge is 2.05. The van der Waals surface area contributed by atoms with Crippen LogP contribution in [0.4, 0.5) is 0 Å². The third kappa shape index (κ3) is 2.66. The van der Waals surface area contributed by atoms with Gasteiger partial charge in [-0.2, -0.15) is 0 Å². The van der Waals surface area contributed by atoms with Crippen LogP contribution in [0.15, 0.2) is 18.2 Å². The molecule has 0 spiro atoms. The number of terminal acetylenes is 1. The molecule has 0 aromatic heterocycles. The van der Waals surface area contributed by atoms with Crippen molar-refractivity contribution in [3.8, 4) is 12.3 Å². The summed E-state index contributed by atoms with van der Waals surface area (Å²) in [6.45, 7) is 2.07. The molecule has 0 radical (unpaired) electrons. The fourth-order valence-corrected chi connectivity index (χ4v) is 1.42. The largest absolute Gasteiger partial charge is 0.120 e. The van der Waals surface area contributed by atoms with E-state index in [1.807, 2.05) is 12.1 Å². The molecule has 1 rings (SSSR count). The number of hydrogen-bond acceptors (Lipinski definition) is 0. The van der Waals surface area contributed by atoms with Gasteiger partial charge in [0.05, 0.1) is 10.0 Å². The van der Waals surface area contributed by atoms with Crippen LogP contribution in [0.2, 0.25) is 10.0 Å². The summed E-state index contributed by atoms with van der Waals surface area (Å²) in [5.74, 6) is 2.96. The molecule has 1 aromatic carbocycles. The van der Waals surface area contributed by atoms with Crippen molar-refractivity contribution in [3.05, 3.63) is 33.8 Å².